The van der Waals surface area contributed by atoms with E-state index in [4.69, 9.17) is 0 Å². The molecule has 0 fully saturated rings. The molecule has 2 aromatic carbocycles. The molecule has 1 unspecified atom stereocenters. The van der Waals surface area contributed by atoms with E-state index in [0.717, 1.165) is 19.3 Å². The van der Waals surface area contributed by atoms with Crippen molar-refractivity contribution in [2.45, 2.75) is 24.1 Å². The average molecular weight is 305 g/mol. The van der Waals surface area contributed by atoms with E-state index < -0.39 is 0 Å². The SMILES string of the molecule is Oc1cccc(CCCC(Br)c2ccccc2)c1. The van der Waals surface area contributed by atoms with Crippen molar-refractivity contribution in [3.05, 3.63) is 65.7 Å². The molecular formula is C16H17BrO. The van der Waals surface area contributed by atoms with Gasteiger partial charge in [-0.15, -0.1) is 0 Å². The van der Waals surface area contributed by atoms with Crippen LogP contribution in [0.5, 0.6) is 5.75 Å². The summed E-state index contributed by atoms with van der Waals surface area (Å²) in [5.41, 5.74) is 2.52. The Morgan fingerprint density at radius 2 is 1.78 bits per heavy atom. The van der Waals surface area contributed by atoms with E-state index >= 15 is 0 Å². The smallest absolute Gasteiger partial charge is 0.115 e. The fraction of sp³-hybridized carbons (Fsp3) is 0.250. The maximum absolute atomic E-state index is 9.39. The van der Waals surface area contributed by atoms with Crippen LogP contribution in [-0.2, 0) is 6.42 Å². The summed E-state index contributed by atoms with van der Waals surface area (Å²) in [4.78, 5) is 0.413. The highest BCUT2D eigenvalue weighted by atomic mass is 79.9. The van der Waals surface area contributed by atoms with Crippen LogP contribution >= 0.6 is 15.9 Å². The summed E-state index contributed by atoms with van der Waals surface area (Å²) in [6.45, 7) is 0. The van der Waals surface area contributed by atoms with Gasteiger partial charge in [-0.3, -0.25) is 0 Å². The summed E-state index contributed by atoms with van der Waals surface area (Å²) >= 11 is 3.72. The van der Waals surface area contributed by atoms with E-state index in [1.165, 1.54) is 11.1 Å². The number of phenolic OH excluding ortho intramolecular Hbond substituents is 1. The predicted octanol–water partition coefficient (Wildman–Crippen LogP) is 4.85. The highest BCUT2D eigenvalue weighted by Gasteiger charge is 2.06. The lowest BCUT2D eigenvalue weighted by molar-refractivity contribution is 0.474. The van der Waals surface area contributed by atoms with E-state index in [2.05, 4.69) is 46.3 Å². The van der Waals surface area contributed by atoms with Gasteiger partial charge in [-0.25, -0.2) is 0 Å². The summed E-state index contributed by atoms with van der Waals surface area (Å²) in [5.74, 6) is 0.353. The first-order valence-corrected chi connectivity index (χ1v) is 7.14. The monoisotopic (exact) mass is 304 g/mol. The number of aromatic hydroxyl groups is 1. The molecule has 0 aliphatic rings. The number of hydrogen-bond donors (Lipinski definition) is 1. The van der Waals surface area contributed by atoms with Crippen LogP contribution in [0.4, 0.5) is 0 Å². The van der Waals surface area contributed by atoms with Gasteiger partial charge in [0.15, 0.2) is 0 Å². The van der Waals surface area contributed by atoms with Crippen molar-refractivity contribution in [3.63, 3.8) is 0 Å². The highest BCUT2D eigenvalue weighted by molar-refractivity contribution is 9.09. The molecule has 0 aromatic heterocycles. The number of halogens is 1. The van der Waals surface area contributed by atoms with Gasteiger partial charge < -0.3 is 5.11 Å². The Hall–Kier alpha value is -1.28. The Balaban J connectivity index is 1.82. The van der Waals surface area contributed by atoms with Gasteiger partial charge >= 0.3 is 0 Å². The molecule has 0 spiro atoms. The van der Waals surface area contributed by atoms with Gasteiger partial charge in [0.1, 0.15) is 5.75 Å². The summed E-state index contributed by atoms with van der Waals surface area (Å²) in [5, 5.41) is 9.39. The molecule has 2 heteroatoms. The molecule has 0 saturated carbocycles. The van der Waals surface area contributed by atoms with Crippen LogP contribution in [0.2, 0.25) is 0 Å². The first-order valence-electron chi connectivity index (χ1n) is 6.22. The van der Waals surface area contributed by atoms with Crippen LogP contribution < -0.4 is 0 Å². The highest BCUT2D eigenvalue weighted by Crippen LogP contribution is 2.28. The van der Waals surface area contributed by atoms with E-state index in [-0.39, 0.29) is 0 Å². The quantitative estimate of drug-likeness (QED) is 0.783. The van der Waals surface area contributed by atoms with Crippen molar-refractivity contribution in [2.24, 2.45) is 0 Å². The second-order valence-corrected chi connectivity index (χ2v) is 5.55. The van der Waals surface area contributed by atoms with Gasteiger partial charge in [0.25, 0.3) is 0 Å². The van der Waals surface area contributed by atoms with E-state index in [0.29, 0.717) is 10.6 Å². The van der Waals surface area contributed by atoms with Crippen molar-refractivity contribution in [3.8, 4) is 5.75 Å². The van der Waals surface area contributed by atoms with E-state index in [1.54, 1.807) is 6.07 Å². The number of aryl methyl sites for hydroxylation is 1. The lowest BCUT2D eigenvalue weighted by Gasteiger charge is -2.10. The molecule has 0 aliphatic heterocycles. The summed E-state index contributed by atoms with van der Waals surface area (Å²) in [6, 6.07) is 18.0. The number of phenols is 1. The van der Waals surface area contributed by atoms with Gasteiger partial charge in [0.2, 0.25) is 0 Å². The minimum Gasteiger partial charge on any atom is -0.508 e. The maximum atomic E-state index is 9.39. The normalized spacial score (nSPS) is 12.3. The standard InChI is InChI=1S/C16H17BrO/c17-16(14-8-2-1-3-9-14)11-5-7-13-6-4-10-15(18)12-13/h1-4,6,8-10,12,16,18H,5,7,11H2. The number of alkyl halides is 1. The van der Waals surface area contributed by atoms with Crippen LogP contribution in [0.1, 0.15) is 28.8 Å². The van der Waals surface area contributed by atoms with Crippen molar-refractivity contribution in [1.82, 2.24) is 0 Å². The first kappa shape index (κ1) is 13.2. The molecular weight excluding hydrogens is 288 g/mol. The lowest BCUT2D eigenvalue weighted by Crippen LogP contribution is -1.92. The Morgan fingerprint density at radius 1 is 1.00 bits per heavy atom. The Labute approximate surface area is 117 Å². The first-order chi connectivity index (χ1) is 8.75. The summed E-state index contributed by atoms with van der Waals surface area (Å²) in [7, 11) is 0. The van der Waals surface area contributed by atoms with Crippen LogP contribution in [-0.4, -0.2) is 5.11 Å². The van der Waals surface area contributed by atoms with E-state index in [1.807, 2.05) is 18.2 Å². The summed E-state index contributed by atoms with van der Waals surface area (Å²) in [6.07, 6.45) is 3.21. The van der Waals surface area contributed by atoms with Crippen molar-refractivity contribution >= 4 is 15.9 Å². The zero-order chi connectivity index (χ0) is 12.8. The third-order valence-corrected chi connectivity index (χ3v) is 3.98. The molecule has 2 aromatic rings. The van der Waals surface area contributed by atoms with Crippen molar-refractivity contribution in [2.75, 3.05) is 0 Å². The third kappa shape index (κ3) is 3.88. The van der Waals surface area contributed by atoms with Crippen molar-refractivity contribution in [1.29, 1.82) is 0 Å². The van der Waals surface area contributed by atoms with Crippen LogP contribution in [0, 0.1) is 0 Å². The molecule has 0 aliphatic carbocycles. The van der Waals surface area contributed by atoms with Gasteiger partial charge in [-0.2, -0.15) is 0 Å². The van der Waals surface area contributed by atoms with E-state index in [9.17, 15) is 5.11 Å². The van der Waals surface area contributed by atoms with Gasteiger partial charge in [0.05, 0.1) is 0 Å². The second kappa shape index (κ2) is 6.60. The van der Waals surface area contributed by atoms with Gasteiger partial charge in [-0.1, -0.05) is 58.4 Å². The molecule has 0 bridgehead atoms. The second-order valence-electron chi connectivity index (χ2n) is 4.44. The number of rotatable bonds is 5. The Bertz CT molecular complexity index is 481. The number of benzene rings is 2. The Morgan fingerprint density at radius 3 is 2.50 bits per heavy atom. The third-order valence-electron chi connectivity index (χ3n) is 2.99. The fourth-order valence-corrected chi connectivity index (χ4v) is 2.65. The maximum Gasteiger partial charge on any atom is 0.115 e. The molecule has 0 radical (unpaired) electrons. The molecule has 0 saturated heterocycles. The summed E-state index contributed by atoms with van der Waals surface area (Å²) < 4.78 is 0. The molecule has 2 rings (SSSR count). The fourth-order valence-electron chi connectivity index (χ4n) is 2.03. The Kier molecular flexibility index (Phi) is 4.82. The zero-order valence-electron chi connectivity index (χ0n) is 10.2. The largest absolute Gasteiger partial charge is 0.508 e. The molecule has 0 heterocycles. The average Bonchev–Trinajstić information content (AvgIpc) is 2.40. The van der Waals surface area contributed by atoms with Crippen molar-refractivity contribution < 1.29 is 5.11 Å². The van der Waals surface area contributed by atoms with Crippen LogP contribution in [0.25, 0.3) is 0 Å². The van der Waals surface area contributed by atoms with Gasteiger partial charge in [-0.05, 0) is 42.5 Å². The minimum atomic E-state index is 0.353. The lowest BCUT2D eigenvalue weighted by atomic mass is 10.0. The molecule has 94 valence electrons. The predicted molar refractivity (Wildman–Crippen MR) is 79.2 cm³/mol. The zero-order valence-corrected chi connectivity index (χ0v) is 11.8. The molecule has 1 N–H and O–H groups in total. The topological polar surface area (TPSA) is 20.2 Å². The number of hydrogen-bond acceptors (Lipinski definition) is 1. The molecule has 1 nitrogen and oxygen atoms in total. The van der Waals surface area contributed by atoms with Gasteiger partial charge in [0, 0.05) is 4.83 Å². The van der Waals surface area contributed by atoms with Crippen LogP contribution in [0.15, 0.2) is 54.6 Å². The van der Waals surface area contributed by atoms with Crippen LogP contribution in [0.3, 0.4) is 0 Å². The molecule has 0 amide bonds. The molecule has 18 heavy (non-hydrogen) atoms. The molecule has 1 atom stereocenters. The minimum absolute atomic E-state index is 0.353.